The van der Waals surface area contributed by atoms with Gasteiger partial charge in [-0.1, -0.05) is 12.1 Å². The molecule has 0 radical (unpaired) electrons. The lowest BCUT2D eigenvalue weighted by molar-refractivity contribution is 0.0950. The maximum Gasteiger partial charge on any atom is 0.251 e. The largest absolute Gasteiger partial charge is 0.346 e. The van der Waals surface area contributed by atoms with Gasteiger partial charge in [0.15, 0.2) is 0 Å². The molecule has 0 unspecified atom stereocenters. The first-order valence-electron chi connectivity index (χ1n) is 7.67. The van der Waals surface area contributed by atoms with Crippen LogP contribution in [0, 0.1) is 17.1 Å². The molecule has 0 fully saturated rings. The van der Waals surface area contributed by atoms with Crippen molar-refractivity contribution in [1.29, 1.82) is 5.26 Å². The first-order valence-corrected chi connectivity index (χ1v) is 7.67. The fourth-order valence-corrected chi connectivity index (χ4v) is 2.39. The number of aromatic nitrogens is 2. The zero-order valence-electron chi connectivity index (χ0n) is 13.3. The van der Waals surface area contributed by atoms with Crippen molar-refractivity contribution in [3.63, 3.8) is 0 Å². The molecule has 124 valence electrons. The Balaban J connectivity index is 1.64. The van der Waals surface area contributed by atoms with Gasteiger partial charge in [0, 0.05) is 18.3 Å². The number of benzene rings is 2. The Labute approximate surface area is 144 Å². The van der Waals surface area contributed by atoms with Gasteiger partial charge in [-0.25, -0.2) is 9.37 Å². The molecule has 3 aromatic rings. The summed E-state index contributed by atoms with van der Waals surface area (Å²) < 4.78 is 14.8. The van der Waals surface area contributed by atoms with Crippen LogP contribution in [0.4, 0.5) is 4.39 Å². The SMILES string of the molecule is N#Cc1ccc(Cn2cncc2CNC(=O)c2ccc(F)cc2)cc1. The summed E-state index contributed by atoms with van der Waals surface area (Å²) in [6.45, 7) is 0.903. The number of nitrogens with zero attached hydrogens (tertiary/aromatic N) is 3. The monoisotopic (exact) mass is 334 g/mol. The molecule has 1 heterocycles. The minimum atomic E-state index is -0.378. The van der Waals surface area contributed by atoms with Gasteiger partial charge >= 0.3 is 0 Å². The highest BCUT2D eigenvalue weighted by Crippen LogP contribution is 2.09. The van der Waals surface area contributed by atoms with Crippen LogP contribution < -0.4 is 5.32 Å². The van der Waals surface area contributed by atoms with Gasteiger partial charge in [0.05, 0.1) is 30.2 Å². The first-order chi connectivity index (χ1) is 12.2. The van der Waals surface area contributed by atoms with Crippen molar-refractivity contribution in [3.05, 3.63) is 89.3 Å². The van der Waals surface area contributed by atoms with Crippen molar-refractivity contribution in [2.75, 3.05) is 0 Å². The molecule has 0 aliphatic heterocycles. The van der Waals surface area contributed by atoms with Gasteiger partial charge in [0.2, 0.25) is 0 Å². The molecule has 25 heavy (non-hydrogen) atoms. The molecule has 1 aromatic heterocycles. The number of nitriles is 1. The summed E-state index contributed by atoms with van der Waals surface area (Å²) in [6.07, 6.45) is 3.38. The van der Waals surface area contributed by atoms with Gasteiger partial charge < -0.3 is 9.88 Å². The number of nitrogens with one attached hydrogen (secondary N) is 1. The van der Waals surface area contributed by atoms with Crippen LogP contribution in [0.3, 0.4) is 0 Å². The van der Waals surface area contributed by atoms with E-state index in [4.69, 9.17) is 5.26 Å². The van der Waals surface area contributed by atoms with Crippen LogP contribution in [0.2, 0.25) is 0 Å². The van der Waals surface area contributed by atoms with E-state index < -0.39 is 0 Å². The van der Waals surface area contributed by atoms with Crippen LogP contribution in [0.15, 0.2) is 61.1 Å². The number of hydrogen-bond donors (Lipinski definition) is 1. The number of amides is 1. The number of hydrogen-bond acceptors (Lipinski definition) is 3. The van der Waals surface area contributed by atoms with E-state index in [9.17, 15) is 9.18 Å². The van der Waals surface area contributed by atoms with E-state index in [0.717, 1.165) is 11.3 Å². The lowest BCUT2D eigenvalue weighted by Gasteiger charge is -2.10. The highest BCUT2D eigenvalue weighted by Gasteiger charge is 2.08. The smallest absolute Gasteiger partial charge is 0.251 e. The quantitative estimate of drug-likeness (QED) is 0.780. The highest BCUT2D eigenvalue weighted by molar-refractivity contribution is 5.94. The molecule has 0 saturated heterocycles. The summed E-state index contributed by atoms with van der Waals surface area (Å²) in [5, 5.41) is 11.6. The summed E-state index contributed by atoms with van der Waals surface area (Å²) in [5.41, 5.74) is 2.89. The van der Waals surface area contributed by atoms with Gasteiger partial charge in [0.1, 0.15) is 5.82 Å². The minimum absolute atomic E-state index is 0.272. The molecule has 0 bridgehead atoms. The van der Waals surface area contributed by atoms with Gasteiger partial charge in [-0.15, -0.1) is 0 Å². The third kappa shape index (κ3) is 4.09. The van der Waals surface area contributed by atoms with E-state index in [0.29, 0.717) is 24.2 Å². The van der Waals surface area contributed by atoms with Gasteiger partial charge in [0.25, 0.3) is 5.91 Å². The summed E-state index contributed by atoms with van der Waals surface area (Å²) >= 11 is 0. The highest BCUT2D eigenvalue weighted by atomic mass is 19.1. The summed E-state index contributed by atoms with van der Waals surface area (Å²) in [4.78, 5) is 16.2. The number of carbonyl (C=O) groups is 1. The Morgan fingerprint density at radius 3 is 2.56 bits per heavy atom. The standard InChI is InChI=1S/C19H15FN4O/c20-17-7-5-16(6-8-17)19(25)23-11-18-10-22-13-24(18)12-15-3-1-14(9-21)2-4-15/h1-8,10,13H,11-12H2,(H,23,25). The van der Waals surface area contributed by atoms with Crippen molar-refractivity contribution < 1.29 is 9.18 Å². The number of imidazole rings is 1. The summed E-state index contributed by atoms with van der Waals surface area (Å²) in [5.74, 6) is -0.650. The number of carbonyl (C=O) groups excluding carboxylic acids is 1. The van der Waals surface area contributed by atoms with Crippen LogP contribution in [-0.2, 0) is 13.1 Å². The third-order valence-corrected chi connectivity index (χ3v) is 3.77. The molecule has 1 N–H and O–H groups in total. The summed E-state index contributed by atoms with van der Waals surface area (Å²) in [6, 6.07) is 14.8. The Kier molecular flexibility index (Phi) is 4.86. The second-order valence-electron chi connectivity index (χ2n) is 5.51. The summed E-state index contributed by atoms with van der Waals surface area (Å²) in [7, 11) is 0. The molecule has 5 nitrogen and oxygen atoms in total. The lowest BCUT2D eigenvalue weighted by atomic mass is 10.1. The molecule has 0 atom stereocenters. The fraction of sp³-hybridized carbons (Fsp3) is 0.105. The normalized spacial score (nSPS) is 10.2. The fourth-order valence-electron chi connectivity index (χ4n) is 2.39. The zero-order chi connectivity index (χ0) is 17.6. The van der Waals surface area contributed by atoms with E-state index in [2.05, 4.69) is 16.4 Å². The van der Waals surface area contributed by atoms with Crippen molar-refractivity contribution in [3.8, 4) is 6.07 Å². The van der Waals surface area contributed by atoms with Crippen molar-refractivity contribution in [1.82, 2.24) is 14.9 Å². The van der Waals surface area contributed by atoms with Crippen molar-refractivity contribution >= 4 is 5.91 Å². The van der Waals surface area contributed by atoms with Gasteiger partial charge in [-0.3, -0.25) is 4.79 Å². The second-order valence-corrected chi connectivity index (χ2v) is 5.51. The molecule has 0 aliphatic carbocycles. The maximum atomic E-state index is 12.9. The van der Waals surface area contributed by atoms with Crippen LogP contribution in [0.1, 0.15) is 27.2 Å². The average molecular weight is 334 g/mol. The van der Waals surface area contributed by atoms with E-state index in [-0.39, 0.29) is 11.7 Å². The Morgan fingerprint density at radius 2 is 1.88 bits per heavy atom. The van der Waals surface area contributed by atoms with E-state index in [1.807, 2.05) is 16.7 Å². The lowest BCUT2D eigenvalue weighted by Crippen LogP contribution is -2.24. The van der Waals surface area contributed by atoms with Crippen LogP contribution in [-0.4, -0.2) is 15.5 Å². The second kappa shape index (κ2) is 7.41. The van der Waals surface area contributed by atoms with E-state index in [1.54, 1.807) is 24.7 Å². The molecule has 0 spiro atoms. The minimum Gasteiger partial charge on any atom is -0.346 e. The molecule has 0 aliphatic rings. The van der Waals surface area contributed by atoms with E-state index >= 15 is 0 Å². The predicted molar refractivity (Wildman–Crippen MR) is 90.1 cm³/mol. The number of halogens is 1. The van der Waals surface area contributed by atoms with Gasteiger partial charge in [-0.2, -0.15) is 5.26 Å². The van der Waals surface area contributed by atoms with Crippen LogP contribution in [0.25, 0.3) is 0 Å². The molecular formula is C19H15FN4O. The molecular weight excluding hydrogens is 319 g/mol. The van der Waals surface area contributed by atoms with Crippen molar-refractivity contribution in [2.24, 2.45) is 0 Å². The van der Waals surface area contributed by atoms with Crippen LogP contribution >= 0.6 is 0 Å². The van der Waals surface area contributed by atoms with Crippen LogP contribution in [0.5, 0.6) is 0 Å². The topological polar surface area (TPSA) is 70.7 Å². The number of rotatable bonds is 5. The molecule has 1 amide bonds. The van der Waals surface area contributed by atoms with E-state index in [1.165, 1.54) is 24.3 Å². The maximum absolute atomic E-state index is 12.9. The third-order valence-electron chi connectivity index (χ3n) is 3.77. The predicted octanol–water partition coefficient (Wildman–Crippen LogP) is 2.87. The molecule has 6 heteroatoms. The Bertz CT molecular complexity index is 908. The zero-order valence-corrected chi connectivity index (χ0v) is 13.3. The van der Waals surface area contributed by atoms with Crippen molar-refractivity contribution in [2.45, 2.75) is 13.1 Å². The molecule has 3 rings (SSSR count). The first kappa shape index (κ1) is 16.4. The Hall–Kier alpha value is -3.46. The molecule has 2 aromatic carbocycles. The Morgan fingerprint density at radius 1 is 1.16 bits per heavy atom. The van der Waals surface area contributed by atoms with Gasteiger partial charge in [-0.05, 0) is 42.0 Å². The average Bonchev–Trinajstić information content (AvgIpc) is 3.08. The molecule has 0 saturated carbocycles.